The summed E-state index contributed by atoms with van der Waals surface area (Å²) in [5, 5.41) is 4.87. The monoisotopic (exact) mass is 556 g/mol. The van der Waals surface area contributed by atoms with Gasteiger partial charge in [0.2, 0.25) is 0 Å². The highest BCUT2D eigenvalue weighted by Crippen LogP contribution is 2.33. The van der Waals surface area contributed by atoms with Crippen molar-refractivity contribution in [2.24, 2.45) is 5.10 Å². The molecular weight excluding hydrogens is 540 g/mol. The average Bonchev–Trinajstić information content (AvgIpc) is 3.22. The van der Waals surface area contributed by atoms with E-state index in [1.54, 1.807) is 25.3 Å². The molecule has 8 heteroatoms. The highest BCUT2D eigenvalue weighted by molar-refractivity contribution is 9.10. The summed E-state index contributed by atoms with van der Waals surface area (Å²) < 4.78 is 18.6. The van der Waals surface area contributed by atoms with E-state index in [4.69, 9.17) is 13.9 Å². The zero-order valence-electron chi connectivity index (χ0n) is 17.0. The lowest BCUT2D eigenvalue weighted by Crippen LogP contribution is -2.16. The van der Waals surface area contributed by atoms with E-state index < -0.39 is 5.91 Å². The summed E-state index contributed by atoms with van der Waals surface area (Å²) in [5.41, 5.74) is 4.87. The predicted octanol–water partition coefficient (Wildman–Crippen LogP) is 6.31. The number of methoxy groups -OCH3 is 1. The highest BCUT2D eigenvalue weighted by Gasteiger charge is 2.13. The quantitative estimate of drug-likeness (QED) is 0.213. The number of carbonyl (C=O) groups is 1. The van der Waals surface area contributed by atoms with E-state index in [-0.39, 0.29) is 5.76 Å². The van der Waals surface area contributed by atoms with Crippen LogP contribution >= 0.6 is 31.9 Å². The van der Waals surface area contributed by atoms with Gasteiger partial charge in [-0.15, -0.1) is 0 Å². The molecule has 6 nitrogen and oxygen atoms in total. The third-order valence-corrected chi connectivity index (χ3v) is 5.77. The highest BCUT2D eigenvalue weighted by atomic mass is 79.9. The lowest BCUT2D eigenvalue weighted by molar-refractivity contribution is 0.0929. The molecule has 1 amide bonds. The fourth-order valence-corrected chi connectivity index (χ4v) is 3.80. The number of nitrogens with zero attached hydrogens (tertiary/aromatic N) is 1. The maximum absolute atomic E-state index is 12.4. The number of nitrogens with one attached hydrogen (secondary N) is 1. The smallest absolute Gasteiger partial charge is 0.307 e. The molecule has 0 bridgehead atoms. The van der Waals surface area contributed by atoms with E-state index >= 15 is 0 Å². The Hall–Kier alpha value is -3.10. The number of rotatable bonds is 7. The number of benzene rings is 3. The molecular formula is C24H18Br2N2O4. The number of amides is 1. The molecule has 0 fully saturated rings. The zero-order chi connectivity index (χ0) is 22.5. The minimum absolute atomic E-state index is 0.177. The predicted molar refractivity (Wildman–Crippen MR) is 130 cm³/mol. The van der Waals surface area contributed by atoms with Crippen molar-refractivity contribution in [2.75, 3.05) is 7.11 Å². The van der Waals surface area contributed by atoms with Gasteiger partial charge in [-0.2, -0.15) is 5.10 Å². The Labute approximate surface area is 201 Å². The molecule has 0 aliphatic rings. The normalized spacial score (nSPS) is 11.1. The van der Waals surface area contributed by atoms with Crippen molar-refractivity contribution in [3.05, 3.63) is 92.6 Å². The average molecular weight is 558 g/mol. The molecule has 0 aliphatic carbocycles. The summed E-state index contributed by atoms with van der Waals surface area (Å²) in [7, 11) is 1.57. The molecule has 0 radical (unpaired) electrons. The van der Waals surface area contributed by atoms with Gasteiger partial charge in [0.05, 0.1) is 13.3 Å². The second-order valence-electron chi connectivity index (χ2n) is 6.79. The van der Waals surface area contributed by atoms with Crippen LogP contribution in [-0.4, -0.2) is 19.2 Å². The van der Waals surface area contributed by atoms with Crippen LogP contribution in [0, 0.1) is 0 Å². The van der Waals surface area contributed by atoms with Crippen molar-refractivity contribution in [1.29, 1.82) is 0 Å². The number of carbonyl (C=O) groups excluding carboxylic acids is 1. The number of ether oxygens (including phenoxy) is 2. The molecule has 162 valence electrons. The Bertz CT molecular complexity index is 1290. The van der Waals surface area contributed by atoms with Crippen LogP contribution in [0.5, 0.6) is 11.5 Å². The molecule has 4 rings (SSSR count). The van der Waals surface area contributed by atoms with Crippen LogP contribution in [0.25, 0.3) is 11.0 Å². The van der Waals surface area contributed by atoms with E-state index in [2.05, 4.69) is 42.4 Å². The van der Waals surface area contributed by atoms with Crippen molar-refractivity contribution in [2.45, 2.75) is 6.61 Å². The summed E-state index contributed by atoms with van der Waals surface area (Å²) >= 11 is 6.92. The lowest BCUT2D eigenvalue weighted by Gasteiger charge is -2.12. The molecule has 0 aliphatic heterocycles. The molecule has 0 saturated carbocycles. The van der Waals surface area contributed by atoms with E-state index in [9.17, 15) is 4.79 Å². The Balaban J connectivity index is 1.45. The van der Waals surface area contributed by atoms with Crippen LogP contribution in [0.2, 0.25) is 0 Å². The standard InChI is InChI=1S/C24H18Br2N2O4/c1-30-21-11-17(19(26)12-22(21)31-14-15-5-3-2-4-6-15)13-27-28-24(29)23-10-16-9-18(25)7-8-20(16)32-23/h2-13H,14H2,1H3,(H,28,29)/b27-13+. The van der Waals surface area contributed by atoms with Crippen molar-refractivity contribution in [1.82, 2.24) is 5.43 Å². The molecule has 32 heavy (non-hydrogen) atoms. The molecule has 1 aromatic heterocycles. The summed E-state index contributed by atoms with van der Waals surface area (Å²) in [6.45, 7) is 0.418. The molecule has 3 aromatic carbocycles. The molecule has 1 heterocycles. The largest absolute Gasteiger partial charge is 0.493 e. The van der Waals surface area contributed by atoms with Gasteiger partial charge < -0.3 is 13.9 Å². The number of fused-ring (bicyclic) bond motifs is 1. The van der Waals surface area contributed by atoms with Crippen LogP contribution in [0.1, 0.15) is 21.7 Å². The minimum atomic E-state index is -0.445. The Kier molecular flexibility index (Phi) is 6.92. The first-order chi connectivity index (χ1) is 15.5. The fraction of sp³-hybridized carbons (Fsp3) is 0.0833. The molecule has 0 saturated heterocycles. The Morgan fingerprint density at radius 1 is 1.06 bits per heavy atom. The van der Waals surface area contributed by atoms with Crippen LogP contribution in [0.15, 0.2) is 85.2 Å². The van der Waals surface area contributed by atoms with Crippen molar-refractivity contribution < 1.29 is 18.7 Å². The van der Waals surface area contributed by atoms with E-state index in [0.29, 0.717) is 29.3 Å². The van der Waals surface area contributed by atoms with Gasteiger partial charge in [-0.25, -0.2) is 5.43 Å². The minimum Gasteiger partial charge on any atom is -0.493 e. The van der Waals surface area contributed by atoms with Crippen LogP contribution in [0.4, 0.5) is 0 Å². The van der Waals surface area contributed by atoms with Gasteiger partial charge in [-0.3, -0.25) is 4.79 Å². The third-order valence-electron chi connectivity index (χ3n) is 4.59. The van der Waals surface area contributed by atoms with Crippen molar-refractivity contribution in [3.8, 4) is 11.5 Å². The molecule has 4 aromatic rings. The molecule has 0 atom stereocenters. The Morgan fingerprint density at radius 3 is 2.66 bits per heavy atom. The van der Waals surface area contributed by atoms with Gasteiger partial charge in [0, 0.05) is 19.9 Å². The van der Waals surface area contributed by atoms with Gasteiger partial charge >= 0.3 is 5.91 Å². The van der Waals surface area contributed by atoms with Crippen molar-refractivity contribution in [3.63, 3.8) is 0 Å². The SMILES string of the molecule is COc1cc(/C=N/NC(=O)c2cc3cc(Br)ccc3o2)c(Br)cc1OCc1ccccc1. The van der Waals surface area contributed by atoms with Crippen LogP contribution in [0.3, 0.4) is 0 Å². The maximum atomic E-state index is 12.4. The summed E-state index contributed by atoms with van der Waals surface area (Å²) in [5.74, 6) is 0.883. The second kappa shape index (κ2) is 10.0. The van der Waals surface area contributed by atoms with Gasteiger partial charge in [0.25, 0.3) is 0 Å². The second-order valence-corrected chi connectivity index (χ2v) is 8.56. The zero-order valence-corrected chi connectivity index (χ0v) is 20.1. The number of hydrogen-bond donors (Lipinski definition) is 1. The van der Waals surface area contributed by atoms with Crippen molar-refractivity contribution >= 4 is 55.0 Å². The number of furan rings is 1. The molecule has 0 unspecified atom stereocenters. The van der Waals surface area contributed by atoms with E-state index in [1.807, 2.05) is 48.5 Å². The van der Waals surface area contributed by atoms with Gasteiger partial charge in [-0.05, 0) is 57.9 Å². The van der Waals surface area contributed by atoms with E-state index in [0.717, 1.165) is 19.9 Å². The lowest BCUT2D eigenvalue weighted by atomic mass is 10.2. The maximum Gasteiger partial charge on any atom is 0.307 e. The van der Waals surface area contributed by atoms with Crippen LogP contribution < -0.4 is 14.9 Å². The number of hydrazone groups is 1. The topological polar surface area (TPSA) is 73.1 Å². The summed E-state index contributed by atoms with van der Waals surface area (Å²) in [4.78, 5) is 12.4. The number of halogens is 2. The first kappa shape index (κ1) is 22.1. The summed E-state index contributed by atoms with van der Waals surface area (Å²) in [6.07, 6.45) is 1.52. The molecule has 1 N–H and O–H groups in total. The van der Waals surface area contributed by atoms with Crippen LogP contribution in [-0.2, 0) is 6.61 Å². The fourth-order valence-electron chi connectivity index (χ4n) is 3.00. The first-order valence-electron chi connectivity index (χ1n) is 9.60. The van der Waals surface area contributed by atoms with Gasteiger partial charge in [0.1, 0.15) is 12.2 Å². The first-order valence-corrected chi connectivity index (χ1v) is 11.2. The molecule has 0 spiro atoms. The van der Waals surface area contributed by atoms with E-state index in [1.165, 1.54) is 6.21 Å². The third kappa shape index (κ3) is 5.20. The summed E-state index contributed by atoms with van der Waals surface area (Å²) in [6, 6.07) is 20.6. The number of hydrogen-bond acceptors (Lipinski definition) is 5. The van der Waals surface area contributed by atoms with Gasteiger partial charge in [-0.1, -0.05) is 46.3 Å². The Morgan fingerprint density at radius 2 is 1.88 bits per heavy atom. The van der Waals surface area contributed by atoms with Gasteiger partial charge in [0.15, 0.2) is 17.3 Å².